The highest BCUT2D eigenvalue weighted by molar-refractivity contribution is 7.12. The van der Waals surface area contributed by atoms with Crippen LogP contribution in [0.3, 0.4) is 0 Å². The number of alkyl halides is 2. The van der Waals surface area contributed by atoms with E-state index in [9.17, 15) is 18.4 Å². The Hall–Kier alpha value is -4.25. The standard InChI is InChI=1S/C27H24F2N2O6S/c1-34-22-11-8-18(14-23(22)35-2)21-15-20(24-4-3-13-38-24)30-31(21)25(32)16-36-26(33)12-7-17-5-9-19(10-6-17)37-27(28)29/h3-14,21,27H,15-16H2,1-2H3. The molecule has 1 aliphatic rings. The first kappa shape index (κ1) is 26.8. The Morgan fingerprint density at radius 2 is 1.87 bits per heavy atom. The summed E-state index contributed by atoms with van der Waals surface area (Å²) in [7, 11) is 3.08. The van der Waals surface area contributed by atoms with Gasteiger partial charge >= 0.3 is 12.6 Å². The zero-order valence-electron chi connectivity index (χ0n) is 20.5. The van der Waals surface area contributed by atoms with Gasteiger partial charge in [0.2, 0.25) is 0 Å². The van der Waals surface area contributed by atoms with Gasteiger partial charge < -0.3 is 18.9 Å². The molecule has 2 aromatic carbocycles. The maximum atomic E-state index is 13.1. The fourth-order valence-corrected chi connectivity index (χ4v) is 4.54. The molecule has 2 heterocycles. The van der Waals surface area contributed by atoms with E-state index in [1.165, 1.54) is 53.8 Å². The third-order valence-electron chi connectivity index (χ3n) is 5.62. The summed E-state index contributed by atoms with van der Waals surface area (Å²) in [6.07, 6.45) is 3.06. The minimum absolute atomic E-state index is 0.00226. The van der Waals surface area contributed by atoms with E-state index in [0.717, 1.165) is 22.2 Å². The average Bonchev–Trinajstić information content (AvgIpc) is 3.61. The van der Waals surface area contributed by atoms with E-state index in [4.69, 9.17) is 14.2 Å². The number of amides is 1. The molecule has 38 heavy (non-hydrogen) atoms. The van der Waals surface area contributed by atoms with Gasteiger partial charge in [-0.05, 0) is 52.9 Å². The molecule has 11 heteroatoms. The molecule has 0 spiro atoms. The third kappa shape index (κ3) is 6.54. The summed E-state index contributed by atoms with van der Waals surface area (Å²) < 4.78 is 44.7. The van der Waals surface area contributed by atoms with Crippen LogP contribution in [0, 0.1) is 0 Å². The van der Waals surface area contributed by atoms with Crippen molar-refractivity contribution in [2.24, 2.45) is 5.10 Å². The van der Waals surface area contributed by atoms with E-state index in [0.29, 0.717) is 23.5 Å². The highest BCUT2D eigenvalue weighted by Gasteiger charge is 2.34. The number of rotatable bonds is 10. The number of nitrogens with zero attached hydrogens (tertiary/aromatic N) is 2. The second-order valence-corrected chi connectivity index (χ2v) is 8.93. The molecule has 0 N–H and O–H groups in total. The molecular formula is C27H24F2N2O6S. The van der Waals surface area contributed by atoms with E-state index in [-0.39, 0.29) is 5.75 Å². The first-order valence-corrected chi connectivity index (χ1v) is 12.3. The van der Waals surface area contributed by atoms with Gasteiger partial charge in [-0.3, -0.25) is 4.79 Å². The number of ether oxygens (including phenoxy) is 4. The molecule has 0 saturated heterocycles. The average molecular weight is 543 g/mol. The molecule has 1 aromatic heterocycles. The molecule has 1 unspecified atom stereocenters. The van der Waals surface area contributed by atoms with Crippen LogP contribution in [-0.2, 0) is 14.3 Å². The van der Waals surface area contributed by atoms with Crippen molar-refractivity contribution >= 4 is 35.0 Å². The van der Waals surface area contributed by atoms with Crippen molar-refractivity contribution in [3.05, 3.63) is 82.1 Å². The lowest BCUT2D eigenvalue weighted by atomic mass is 10.0. The number of carbonyl (C=O) groups excluding carboxylic acids is 2. The number of methoxy groups -OCH3 is 2. The molecule has 0 bridgehead atoms. The van der Waals surface area contributed by atoms with Gasteiger partial charge in [-0.15, -0.1) is 11.3 Å². The normalized spacial score (nSPS) is 15.0. The Morgan fingerprint density at radius 1 is 1.11 bits per heavy atom. The predicted molar refractivity (Wildman–Crippen MR) is 138 cm³/mol. The first-order chi connectivity index (χ1) is 18.4. The Kier molecular flexibility index (Phi) is 8.70. The number of esters is 1. The molecule has 1 amide bonds. The van der Waals surface area contributed by atoms with Crippen molar-refractivity contribution in [3.8, 4) is 17.2 Å². The lowest BCUT2D eigenvalue weighted by molar-refractivity contribution is -0.149. The quantitative estimate of drug-likeness (QED) is 0.255. The predicted octanol–water partition coefficient (Wildman–Crippen LogP) is 5.30. The van der Waals surface area contributed by atoms with E-state index < -0.39 is 31.1 Å². The summed E-state index contributed by atoms with van der Waals surface area (Å²) in [6.45, 7) is -3.44. The number of benzene rings is 2. The maximum absolute atomic E-state index is 13.1. The van der Waals surface area contributed by atoms with Crippen molar-refractivity contribution in [1.82, 2.24) is 5.01 Å². The SMILES string of the molecule is COc1ccc(C2CC(c3cccs3)=NN2C(=O)COC(=O)C=Cc2ccc(OC(F)F)cc2)cc1OC. The molecule has 3 aromatic rings. The van der Waals surface area contributed by atoms with E-state index in [1.807, 2.05) is 23.6 Å². The summed E-state index contributed by atoms with van der Waals surface area (Å²) in [5.74, 6) is -0.152. The monoisotopic (exact) mass is 542 g/mol. The number of hydrogen-bond donors (Lipinski definition) is 0. The van der Waals surface area contributed by atoms with Gasteiger partial charge in [-0.1, -0.05) is 24.3 Å². The van der Waals surface area contributed by atoms with Crippen LogP contribution >= 0.6 is 11.3 Å². The molecule has 198 valence electrons. The largest absolute Gasteiger partial charge is 0.493 e. The second kappa shape index (κ2) is 12.3. The summed E-state index contributed by atoms with van der Waals surface area (Å²) in [6, 6.07) is 14.5. The molecule has 0 saturated carbocycles. The van der Waals surface area contributed by atoms with E-state index in [1.54, 1.807) is 19.2 Å². The van der Waals surface area contributed by atoms with Crippen LogP contribution in [0.2, 0.25) is 0 Å². The van der Waals surface area contributed by atoms with Crippen molar-refractivity contribution in [1.29, 1.82) is 0 Å². The van der Waals surface area contributed by atoms with Crippen LogP contribution in [0.15, 0.2) is 71.2 Å². The smallest absolute Gasteiger partial charge is 0.387 e. The molecule has 1 aliphatic heterocycles. The summed E-state index contributed by atoms with van der Waals surface area (Å²) >= 11 is 1.52. The third-order valence-corrected chi connectivity index (χ3v) is 6.54. The van der Waals surface area contributed by atoms with Crippen molar-refractivity contribution < 1.29 is 37.3 Å². The first-order valence-electron chi connectivity index (χ1n) is 11.4. The van der Waals surface area contributed by atoms with Crippen LogP contribution in [0.25, 0.3) is 6.08 Å². The van der Waals surface area contributed by atoms with Gasteiger partial charge in [0.15, 0.2) is 18.1 Å². The molecule has 0 radical (unpaired) electrons. The van der Waals surface area contributed by atoms with Gasteiger partial charge in [-0.2, -0.15) is 13.9 Å². The van der Waals surface area contributed by atoms with Gasteiger partial charge in [0.1, 0.15) is 5.75 Å². The molecule has 1 atom stereocenters. The number of carbonyl (C=O) groups is 2. The van der Waals surface area contributed by atoms with Crippen LogP contribution in [0.4, 0.5) is 8.78 Å². The number of thiophene rings is 1. The zero-order chi connectivity index (χ0) is 27.1. The van der Waals surface area contributed by atoms with Gasteiger partial charge in [0.05, 0.1) is 30.9 Å². The Bertz CT molecular complexity index is 1330. The molecular weight excluding hydrogens is 518 g/mol. The fraction of sp³-hybridized carbons (Fsp3) is 0.222. The summed E-state index contributed by atoms with van der Waals surface area (Å²) in [5.41, 5.74) is 2.10. The zero-order valence-corrected chi connectivity index (χ0v) is 21.3. The summed E-state index contributed by atoms with van der Waals surface area (Å²) in [4.78, 5) is 26.3. The molecule has 8 nitrogen and oxygen atoms in total. The minimum atomic E-state index is -2.92. The number of halogens is 2. The fourth-order valence-electron chi connectivity index (χ4n) is 3.82. The number of hydrogen-bond acceptors (Lipinski definition) is 8. The van der Waals surface area contributed by atoms with Crippen molar-refractivity contribution in [2.45, 2.75) is 19.1 Å². The maximum Gasteiger partial charge on any atom is 0.387 e. The van der Waals surface area contributed by atoms with Crippen LogP contribution in [0.1, 0.15) is 28.5 Å². The highest BCUT2D eigenvalue weighted by Crippen LogP contribution is 2.37. The molecule has 4 rings (SSSR count). The Labute approximate surface area is 221 Å². The molecule has 0 fully saturated rings. The minimum Gasteiger partial charge on any atom is -0.493 e. The van der Waals surface area contributed by atoms with Crippen LogP contribution < -0.4 is 14.2 Å². The van der Waals surface area contributed by atoms with Crippen LogP contribution in [0.5, 0.6) is 17.2 Å². The van der Waals surface area contributed by atoms with Crippen LogP contribution in [-0.4, -0.2) is 50.0 Å². The van der Waals surface area contributed by atoms with E-state index in [2.05, 4.69) is 9.84 Å². The number of hydrazone groups is 1. The lowest BCUT2D eigenvalue weighted by Crippen LogP contribution is -2.31. The van der Waals surface area contributed by atoms with E-state index >= 15 is 0 Å². The summed E-state index contributed by atoms with van der Waals surface area (Å²) in [5, 5.41) is 7.81. The van der Waals surface area contributed by atoms with Gasteiger partial charge in [0, 0.05) is 12.5 Å². The lowest BCUT2D eigenvalue weighted by Gasteiger charge is -2.22. The Balaban J connectivity index is 1.44. The second-order valence-electron chi connectivity index (χ2n) is 7.99. The molecule has 0 aliphatic carbocycles. The van der Waals surface area contributed by atoms with Gasteiger partial charge in [0.25, 0.3) is 5.91 Å². The Morgan fingerprint density at radius 3 is 2.53 bits per heavy atom. The van der Waals surface area contributed by atoms with Crippen molar-refractivity contribution in [3.63, 3.8) is 0 Å². The highest BCUT2D eigenvalue weighted by atomic mass is 32.1. The van der Waals surface area contributed by atoms with Gasteiger partial charge in [-0.25, -0.2) is 9.80 Å². The topological polar surface area (TPSA) is 86.7 Å². The van der Waals surface area contributed by atoms with Crippen molar-refractivity contribution in [2.75, 3.05) is 20.8 Å².